The van der Waals surface area contributed by atoms with Gasteiger partial charge in [-0.2, -0.15) is 0 Å². The number of nitrogens with two attached hydrogens (primary N) is 1. The molecule has 0 fully saturated rings. The van der Waals surface area contributed by atoms with E-state index < -0.39 is 0 Å². The molecule has 8 heteroatoms. The Hall–Kier alpha value is -2.36. The van der Waals surface area contributed by atoms with E-state index in [1.807, 2.05) is 13.0 Å². The minimum absolute atomic E-state index is 0.00519. The third-order valence-corrected chi connectivity index (χ3v) is 4.07. The monoisotopic (exact) mass is 455 g/mol. The van der Waals surface area contributed by atoms with Crippen molar-refractivity contribution in [1.82, 2.24) is 10.2 Å². The fourth-order valence-electron chi connectivity index (χ4n) is 2.23. The zero-order valence-corrected chi connectivity index (χ0v) is 15.5. The van der Waals surface area contributed by atoms with Crippen LogP contribution in [-0.2, 0) is 6.61 Å². The highest BCUT2D eigenvalue weighted by atomic mass is 127. The van der Waals surface area contributed by atoms with Crippen molar-refractivity contribution in [2.45, 2.75) is 13.5 Å². The number of hydrogen-bond acceptors (Lipinski definition) is 6. The highest BCUT2D eigenvalue weighted by Gasteiger charge is 2.16. The molecule has 1 aromatic heterocycles. The average Bonchev–Trinajstić information content (AvgIpc) is 3.01. The predicted octanol–water partition coefficient (Wildman–Crippen LogP) is 4.04. The maximum Gasteiger partial charge on any atom is 0.313 e. The number of nitrogen functional groups attached to an aromatic ring is 1. The molecule has 0 saturated heterocycles. The topological polar surface area (TPSA) is 83.4 Å². The third-order valence-electron chi connectivity index (χ3n) is 3.27. The Morgan fingerprint density at radius 2 is 2.04 bits per heavy atom. The summed E-state index contributed by atoms with van der Waals surface area (Å²) >= 11 is 2.13. The lowest BCUT2D eigenvalue weighted by Crippen LogP contribution is -2.02. The van der Waals surface area contributed by atoms with E-state index in [1.165, 1.54) is 12.1 Å². The molecule has 130 valence electrons. The van der Waals surface area contributed by atoms with E-state index in [0.29, 0.717) is 29.6 Å². The van der Waals surface area contributed by atoms with E-state index in [1.54, 1.807) is 18.2 Å². The molecule has 0 bridgehead atoms. The van der Waals surface area contributed by atoms with Gasteiger partial charge in [0.1, 0.15) is 12.4 Å². The quantitative estimate of drug-likeness (QED) is 0.565. The van der Waals surface area contributed by atoms with Crippen LogP contribution in [0.25, 0.3) is 11.5 Å². The lowest BCUT2D eigenvalue weighted by atomic mass is 10.2. The summed E-state index contributed by atoms with van der Waals surface area (Å²) in [6.07, 6.45) is 0. The summed E-state index contributed by atoms with van der Waals surface area (Å²) in [7, 11) is 0. The van der Waals surface area contributed by atoms with Crippen LogP contribution >= 0.6 is 22.6 Å². The number of rotatable bonds is 6. The summed E-state index contributed by atoms with van der Waals surface area (Å²) in [5.74, 6) is 1.11. The molecular formula is C17H15FIN3O3. The average molecular weight is 455 g/mol. The van der Waals surface area contributed by atoms with Gasteiger partial charge in [0.15, 0.2) is 11.5 Å². The molecule has 0 radical (unpaired) electrons. The van der Waals surface area contributed by atoms with Crippen molar-refractivity contribution >= 4 is 28.6 Å². The van der Waals surface area contributed by atoms with Crippen molar-refractivity contribution in [2.24, 2.45) is 0 Å². The van der Waals surface area contributed by atoms with Crippen LogP contribution in [0.15, 0.2) is 40.8 Å². The van der Waals surface area contributed by atoms with Crippen LogP contribution in [-0.4, -0.2) is 16.8 Å². The van der Waals surface area contributed by atoms with Gasteiger partial charge in [-0.05, 0) is 59.3 Å². The molecule has 2 aromatic carbocycles. The zero-order valence-electron chi connectivity index (χ0n) is 13.3. The number of nitrogens with zero attached hydrogens (tertiary/aromatic N) is 2. The van der Waals surface area contributed by atoms with Crippen molar-refractivity contribution in [1.29, 1.82) is 0 Å². The summed E-state index contributed by atoms with van der Waals surface area (Å²) in [6, 6.07) is 9.84. The first kappa shape index (κ1) is 17.5. The van der Waals surface area contributed by atoms with E-state index in [2.05, 4.69) is 32.8 Å². The second-order valence-corrected chi connectivity index (χ2v) is 6.24. The molecule has 0 aliphatic rings. The summed E-state index contributed by atoms with van der Waals surface area (Å²) < 4.78 is 30.9. The van der Waals surface area contributed by atoms with E-state index >= 15 is 0 Å². The van der Waals surface area contributed by atoms with Crippen LogP contribution in [0.3, 0.4) is 0 Å². The van der Waals surface area contributed by atoms with Gasteiger partial charge >= 0.3 is 6.01 Å². The zero-order chi connectivity index (χ0) is 17.8. The van der Waals surface area contributed by atoms with Crippen LogP contribution in [0.4, 0.5) is 10.4 Å². The van der Waals surface area contributed by atoms with E-state index in [9.17, 15) is 4.39 Å². The molecule has 0 aliphatic heterocycles. The molecular weight excluding hydrogens is 440 g/mol. The first-order valence-electron chi connectivity index (χ1n) is 7.49. The fourth-order valence-corrected chi connectivity index (χ4v) is 2.98. The van der Waals surface area contributed by atoms with Crippen LogP contribution in [0, 0.1) is 9.39 Å². The van der Waals surface area contributed by atoms with Crippen LogP contribution in [0.1, 0.15) is 12.5 Å². The van der Waals surface area contributed by atoms with Gasteiger partial charge in [-0.25, -0.2) is 4.39 Å². The van der Waals surface area contributed by atoms with E-state index in [-0.39, 0.29) is 18.4 Å². The van der Waals surface area contributed by atoms with Gasteiger partial charge in [0, 0.05) is 5.56 Å². The second-order valence-electron chi connectivity index (χ2n) is 5.08. The van der Waals surface area contributed by atoms with Gasteiger partial charge in [0.2, 0.25) is 5.89 Å². The van der Waals surface area contributed by atoms with Crippen molar-refractivity contribution in [2.75, 3.05) is 12.3 Å². The summed E-state index contributed by atoms with van der Waals surface area (Å²) in [5, 5.41) is 7.53. The Bertz CT molecular complexity index is 885. The highest BCUT2D eigenvalue weighted by Crippen LogP contribution is 2.37. The molecule has 0 aliphatic carbocycles. The van der Waals surface area contributed by atoms with Gasteiger partial charge in [-0.3, -0.25) is 0 Å². The van der Waals surface area contributed by atoms with E-state index in [4.69, 9.17) is 19.6 Å². The molecule has 3 aromatic rings. The molecule has 3 rings (SSSR count). The second kappa shape index (κ2) is 7.68. The number of halogens is 2. The molecule has 2 N–H and O–H groups in total. The van der Waals surface area contributed by atoms with Crippen molar-refractivity contribution in [3.63, 3.8) is 0 Å². The molecule has 0 unspecified atom stereocenters. The van der Waals surface area contributed by atoms with Crippen molar-refractivity contribution < 1.29 is 18.3 Å². The summed E-state index contributed by atoms with van der Waals surface area (Å²) in [5.41, 5.74) is 6.88. The predicted molar refractivity (Wildman–Crippen MR) is 98.8 cm³/mol. The van der Waals surface area contributed by atoms with Crippen molar-refractivity contribution in [3.8, 4) is 23.0 Å². The number of aromatic nitrogens is 2. The van der Waals surface area contributed by atoms with Gasteiger partial charge < -0.3 is 19.6 Å². The highest BCUT2D eigenvalue weighted by molar-refractivity contribution is 14.1. The molecule has 25 heavy (non-hydrogen) atoms. The fraction of sp³-hybridized carbons (Fsp3) is 0.176. The molecule has 0 spiro atoms. The SMILES string of the molecule is CCOc1cc(-c2nnc(N)o2)cc(I)c1OCc1cccc(F)c1. The Kier molecular flexibility index (Phi) is 5.37. The van der Waals surface area contributed by atoms with Gasteiger partial charge in [-0.1, -0.05) is 17.2 Å². The largest absolute Gasteiger partial charge is 0.490 e. The summed E-state index contributed by atoms with van der Waals surface area (Å²) in [4.78, 5) is 0. The molecule has 0 atom stereocenters. The minimum Gasteiger partial charge on any atom is -0.490 e. The lowest BCUT2D eigenvalue weighted by Gasteiger charge is -2.15. The summed E-state index contributed by atoms with van der Waals surface area (Å²) in [6.45, 7) is 2.56. The number of ether oxygens (including phenoxy) is 2. The molecule has 0 amide bonds. The van der Waals surface area contributed by atoms with Crippen LogP contribution < -0.4 is 15.2 Å². The Morgan fingerprint density at radius 1 is 1.20 bits per heavy atom. The number of anilines is 1. The first-order valence-corrected chi connectivity index (χ1v) is 8.57. The Balaban J connectivity index is 1.89. The molecule has 6 nitrogen and oxygen atoms in total. The smallest absolute Gasteiger partial charge is 0.313 e. The van der Waals surface area contributed by atoms with Gasteiger partial charge in [-0.15, -0.1) is 5.10 Å². The molecule has 0 saturated carbocycles. The van der Waals surface area contributed by atoms with Crippen LogP contribution in [0.5, 0.6) is 11.5 Å². The first-order chi connectivity index (χ1) is 12.1. The van der Waals surface area contributed by atoms with Gasteiger partial charge in [0.05, 0.1) is 10.2 Å². The van der Waals surface area contributed by atoms with Crippen LogP contribution in [0.2, 0.25) is 0 Å². The number of hydrogen-bond donors (Lipinski definition) is 1. The Labute approximate surface area is 157 Å². The third kappa shape index (κ3) is 4.19. The Morgan fingerprint density at radius 3 is 2.72 bits per heavy atom. The van der Waals surface area contributed by atoms with E-state index in [0.717, 1.165) is 9.13 Å². The lowest BCUT2D eigenvalue weighted by molar-refractivity contribution is 0.267. The minimum atomic E-state index is -0.301. The normalized spacial score (nSPS) is 10.7. The maximum atomic E-state index is 13.3. The molecule has 1 heterocycles. The van der Waals surface area contributed by atoms with Crippen molar-refractivity contribution in [3.05, 3.63) is 51.3 Å². The maximum absolute atomic E-state index is 13.3. The van der Waals surface area contributed by atoms with Gasteiger partial charge in [0.25, 0.3) is 0 Å². The standard InChI is InChI=1S/C17H15FIN3O3/c1-2-23-14-8-11(16-21-22-17(20)25-16)7-13(19)15(14)24-9-10-4-3-5-12(18)6-10/h3-8H,2,9H2,1H3,(H2,20,22). The number of benzene rings is 2.